The van der Waals surface area contributed by atoms with Crippen LogP contribution in [0.3, 0.4) is 0 Å². The van der Waals surface area contributed by atoms with E-state index in [2.05, 4.69) is 55.0 Å². The fourth-order valence-electron chi connectivity index (χ4n) is 2.66. The van der Waals surface area contributed by atoms with Gasteiger partial charge in [0.2, 0.25) is 0 Å². The maximum absolute atomic E-state index is 11.4. The summed E-state index contributed by atoms with van der Waals surface area (Å²) < 4.78 is 0. The van der Waals surface area contributed by atoms with Crippen LogP contribution in [0.25, 0.3) is 4.91 Å². The predicted molar refractivity (Wildman–Crippen MR) is 115 cm³/mol. The second-order valence-corrected chi connectivity index (χ2v) is 7.02. The van der Waals surface area contributed by atoms with E-state index < -0.39 is 0 Å². The molecule has 0 heterocycles. The molecule has 0 N–H and O–H groups in total. The van der Waals surface area contributed by atoms with Gasteiger partial charge in [-0.15, -0.1) is 5.73 Å². The number of rotatable bonds is 6. The summed E-state index contributed by atoms with van der Waals surface area (Å²) >= 11 is 1.63. The van der Waals surface area contributed by atoms with Crippen molar-refractivity contribution in [3.8, 4) is 0 Å². The Balaban J connectivity index is 2.21. The minimum atomic E-state index is 0.0773. The summed E-state index contributed by atoms with van der Waals surface area (Å²) in [5.74, 6) is 0.0773. The van der Waals surface area contributed by atoms with Gasteiger partial charge in [0.25, 0.3) is 0 Å². The SMILES string of the molecule is C=C=C(S/C=C(CC)/C1=C/C=C\CCC/C=C\1)c1ccc(C(C)=O)cc1. The second kappa shape index (κ2) is 10.7. The summed E-state index contributed by atoms with van der Waals surface area (Å²) in [4.78, 5) is 12.4. The summed E-state index contributed by atoms with van der Waals surface area (Å²) in [6.07, 6.45) is 15.5. The Morgan fingerprint density at radius 1 is 1.19 bits per heavy atom. The van der Waals surface area contributed by atoms with Gasteiger partial charge < -0.3 is 0 Å². The molecule has 0 atom stereocenters. The number of carbonyl (C=O) groups excluding carboxylic acids is 1. The molecule has 1 aliphatic carbocycles. The summed E-state index contributed by atoms with van der Waals surface area (Å²) in [6, 6.07) is 7.62. The van der Waals surface area contributed by atoms with Gasteiger partial charge in [-0.05, 0) is 54.7 Å². The second-order valence-electron chi connectivity index (χ2n) is 6.14. The van der Waals surface area contributed by atoms with E-state index in [0.29, 0.717) is 0 Å². The van der Waals surface area contributed by atoms with Crippen molar-refractivity contribution in [2.24, 2.45) is 0 Å². The molecule has 1 aromatic rings. The lowest BCUT2D eigenvalue weighted by atomic mass is 10.0. The van der Waals surface area contributed by atoms with E-state index in [0.717, 1.165) is 35.3 Å². The van der Waals surface area contributed by atoms with Crippen LogP contribution in [0.2, 0.25) is 0 Å². The molecule has 0 aromatic heterocycles. The molecule has 2 heteroatoms. The van der Waals surface area contributed by atoms with E-state index in [4.69, 9.17) is 0 Å². The monoisotopic (exact) mass is 362 g/mol. The smallest absolute Gasteiger partial charge is 0.159 e. The molecule has 0 aliphatic heterocycles. The molecule has 0 spiro atoms. The highest BCUT2D eigenvalue weighted by Crippen LogP contribution is 2.31. The molecule has 0 fully saturated rings. The highest BCUT2D eigenvalue weighted by atomic mass is 32.2. The third kappa shape index (κ3) is 5.91. The van der Waals surface area contributed by atoms with E-state index in [1.807, 2.05) is 24.3 Å². The van der Waals surface area contributed by atoms with Crippen LogP contribution in [-0.2, 0) is 0 Å². The molecule has 0 unspecified atom stereocenters. The Bertz CT molecular complexity index is 797. The fourth-order valence-corrected chi connectivity index (χ4v) is 3.57. The molecule has 0 radical (unpaired) electrons. The molecule has 1 aromatic carbocycles. The van der Waals surface area contributed by atoms with Crippen molar-refractivity contribution in [3.05, 3.63) is 94.6 Å². The first-order chi connectivity index (χ1) is 12.7. The van der Waals surface area contributed by atoms with E-state index in [1.165, 1.54) is 17.6 Å². The van der Waals surface area contributed by atoms with Gasteiger partial charge in [0.15, 0.2) is 5.78 Å². The van der Waals surface area contributed by atoms with Crippen molar-refractivity contribution in [1.82, 2.24) is 0 Å². The average Bonchev–Trinajstić information content (AvgIpc) is 2.79. The summed E-state index contributed by atoms with van der Waals surface area (Å²) in [5.41, 5.74) is 7.34. The number of hydrogen-bond donors (Lipinski definition) is 0. The van der Waals surface area contributed by atoms with E-state index >= 15 is 0 Å². The molecule has 1 nitrogen and oxygen atoms in total. The molecule has 134 valence electrons. The number of allylic oxidation sites excluding steroid dienone is 7. The highest BCUT2D eigenvalue weighted by Gasteiger charge is 2.05. The summed E-state index contributed by atoms with van der Waals surface area (Å²) in [5, 5.41) is 2.19. The van der Waals surface area contributed by atoms with Gasteiger partial charge in [-0.3, -0.25) is 4.79 Å². The quantitative estimate of drug-likeness (QED) is 0.391. The van der Waals surface area contributed by atoms with Gasteiger partial charge in [0, 0.05) is 5.56 Å². The molecule has 0 saturated carbocycles. The predicted octanol–water partition coefficient (Wildman–Crippen LogP) is 7.26. The van der Waals surface area contributed by atoms with E-state index in [-0.39, 0.29) is 5.78 Å². The van der Waals surface area contributed by atoms with Crippen LogP contribution in [0, 0.1) is 0 Å². The minimum Gasteiger partial charge on any atom is -0.295 e. The Kier molecular flexibility index (Phi) is 8.21. The maximum Gasteiger partial charge on any atom is 0.159 e. The van der Waals surface area contributed by atoms with Gasteiger partial charge in [-0.25, -0.2) is 0 Å². The number of benzene rings is 1. The molecule has 0 bridgehead atoms. The molecular formula is C24H26OS. The Hall–Kier alpha value is -2.28. The minimum absolute atomic E-state index is 0.0773. The van der Waals surface area contributed by atoms with Crippen LogP contribution in [0.4, 0.5) is 0 Å². The Morgan fingerprint density at radius 3 is 2.54 bits per heavy atom. The Morgan fingerprint density at radius 2 is 1.88 bits per heavy atom. The van der Waals surface area contributed by atoms with Gasteiger partial charge >= 0.3 is 0 Å². The lowest BCUT2D eigenvalue weighted by Crippen LogP contribution is -1.91. The van der Waals surface area contributed by atoms with Crippen molar-refractivity contribution in [2.75, 3.05) is 0 Å². The summed E-state index contributed by atoms with van der Waals surface area (Å²) in [6.45, 7) is 7.59. The fraction of sp³-hybridized carbons (Fsp3) is 0.250. The molecule has 1 aliphatic rings. The largest absolute Gasteiger partial charge is 0.295 e. The van der Waals surface area contributed by atoms with Crippen LogP contribution in [0.5, 0.6) is 0 Å². The topological polar surface area (TPSA) is 17.1 Å². The van der Waals surface area contributed by atoms with Gasteiger partial charge in [-0.2, -0.15) is 0 Å². The van der Waals surface area contributed by atoms with Crippen molar-refractivity contribution in [3.63, 3.8) is 0 Å². The zero-order valence-corrected chi connectivity index (χ0v) is 16.4. The first-order valence-electron chi connectivity index (χ1n) is 9.06. The maximum atomic E-state index is 11.4. The standard InChI is InChI=1S/C24H26OS/c1-4-20(22-12-10-8-6-7-9-11-13-22)18-26-24(5-2)23-16-14-21(15-17-23)19(3)25/h8,10-18H,2,4,6-7,9H2,1,3H3/b10-8-,13-11-,20-18+,22-12+. The number of carbonyl (C=O) groups is 1. The molecule has 0 saturated heterocycles. The number of Topliss-reactive ketones (excluding diaryl/α,β-unsaturated/α-hetero) is 1. The first kappa shape index (κ1) is 20.0. The molecule has 2 rings (SSSR count). The average molecular weight is 363 g/mol. The zero-order valence-electron chi connectivity index (χ0n) is 15.6. The highest BCUT2D eigenvalue weighted by molar-refractivity contribution is 8.10. The zero-order chi connectivity index (χ0) is 18.8. The third-order valence-electron chi connectivity index (χ3n) is 4.24. The summed E-state index contributed by atoms with van der Waals surface area (Å²) in [7, 11) is 0. The van der Waals surface area contributed by atoms with Crippen molar-refractivity contribution in [2.45, 2.75) is 39.5 Å². The number of hydrogen-bond acceptors (Lipinski definition) is 2. The number of thioether (sulfide) groups is 1. The number of ketones is 1. The van der Waals surface area contributed by atoms with Crippen molar-refractivity contribution < 1.29 is 4.79 Å². The lowest BCUT2D eigenvalue weighted by molar-refractivity contribution is 0.101. The van der Waals surface area contributed by atoms with Crippen LogP contribution in [0.1, 0.15) is 55.5 Å². The Labute approximate surface area is 161 Å². The van der Waals surface area contributed by atoms with Crippen LogP contribution in [-0.4, -0.2) is 5.78 Å². The van der Waals surface area contributed by atoms with Crippen molar-refractivity contribution >= 4 is 22.5 Å². The lowest BCUT2D eigenvalue weighted by Gasteiger charge is -2.08. The molecule has 26 heavy (non-hydrogen) atoms. The molecular weight excluding hydrogens is 336 g/mol. The molecule has 0 amide bonds. The first-order valence-corrected chi connectivity index (χ1v) is 9.94. The third-order valence-corrected chi connectivity index (χ3v) is 5.25. The van der Waals surface area contributed by atoms with Crippen LogP contribution < -0.4 is 0 Å². The van der Waals surface area contributed by atoms with Crippen LogP contribution in [0.15, 0.2) is 83.5 Å². The van der Waals surface area contributed by atoms with Crippen LogP contribution >= 0.6 is 11.8 Å². The van der Waals surface area contributed by atoms with E-state index in [9.17, 15) is 4.79 Å². The normalized spacial score (nSPS) is 19.2. The van der Waals surface area contributed by atoms with Crippen molar-refractivity contribution in [1.29, 1.82) is 0 Å². The van der Waals surface area contributed by atoms with Gasteiger partial charge in [0.1, 0.15) is 0 Å². The van der Waals surface area contributed by atoms with E-state index in [1.54, 1.807) is 18.7 Å². The van der Waals surface area contributed by atoms with Gasteiger partial charge in [0.05, 0.1) is 4.91 Å². The van der Waals surface area contributed by atoms with Gasteiger partial charge in [-0.1, -0.05) is 79.9 Å².